The molecule has 0 aliphatic carbocycles. The van der Waals surface area contributed by atoms with Gasteiger partial charge in [0.25, 0.3) is 0 Å². The fourth-order valence-electron chi connectivity index (χ4n) is 5.56. The lowest BCUT2D eigenvalue weighted by Gasteiger charge is -2.30. The van der Waals surface area contributed by atoms with Gasteiger partial charge in [-0.1, -0.05) is 12.1 Å². The highest BCUT2D eigenvalue weighted by atomic mass is 32.2. The summed E-state index contributed by atoms with van der Waals surface area (Å²) in [6.07, 6.45) is 1.77. The number of likely N-dealkylation sites (tertiary alicyclic amines) is 1. The average molecular weight is 782 g/mol. The quantitative estimate of drug-likeness (QED) is 0.0298. The number of phenolic OH excluding ortho intramolecular Hbond substituents is 1. The Hall–Kier alpha value is -5.15. The number of aromatic hydroxyl groups is 1. The van der Waals surface area contributed by atoms with Gasteiger partial charge < -0.3 is 63.8 Å². The minimum Gasteiger partial charge on any atom is -0.508 e. The molecule has 1 fully saturated rings. The summed E-state index contributed by atoms with van der Waals surface area (Å²) in [7, 11) is 0. The van der Waals surface area contributed by atoms with Gasteiger partial charge >= 0.3 is 11.9 Å². The Morgan fingerprint density at radius 1 is 0.889 bits per heavy atom. The zero-order chi connectivity index (χ0) is 40.4. The van der Waals surface area contributed by atoms with Gasteiger partial charge in [-0.2, -0.15) is 11.8 Å². The first-order valence-corrected chi connectivity index (χ1v) is 18.6. The maximum Gasteiger partial charge on any atom is 0.328 e. The summed E-state index contributed by atoms with van der Waals surface area (Å²) in [5.41, 5.74) is 17.5. The van der Waals surface area contributed by atoms with Crippen molar-refractivity contribution in [2.24, 2.45) is 22.2 Å². The number of guanidine groups is 1. The molecule has 0 spiro atoms. The van der Waals surface area contributed by atoms with Crippen LogP contribution in [0.1, 0.15) is 50.5 Å². The number of aliphatic hydroxyl groups excluding tert-OH is 1. The molecular formula is C33H51N9O11S. The van der Waals surface area contributed by atoms with Crippen LogP contribution in [0.25, 0.3) is 0 Å². The number of carbonyl (C=O) groups excluding carboxylic acids is 5. The maximum atomic E-state index is 13.8. The van der Waals surface area contributed by atoms with Gasteiger partial charge in [0.15, 0.2) is 5.96 Å². The zero-order valence-corrected chi connectivity index (χ0v) is 30.8. The van der Waals surface area contributed by atoms with Gasteiger partial charge in [0, 0.05) is 19.5 Å². The van der Waals surface area contributed by atoms with Crippen molar-refractivity contribution in [2.75, 3.05) is 31.7 Å². The fraction of sp³-hybridized carbons (Fsp3) is 0.576. The van der Waals surface area contributed by atoms with Gasteiger partial charge in [-0.15, -0.1) is 0 Å². The number of aliphatic hydroxyl groups is 1. The third-order valence-electron chi connectivity index (χ3n) is 8.45. The number of carbonyl (C=O) groups is 7. The highest BCUT2D eigenvalue weighted by Gasteiger charge is 2.39. The van der Waals surface area contributed by atoms with Crippen LogP contribution in [0.2, 0.25) is 0 Å². The first-order chi connectivity index (χ1) is 25.6. The number of benzene rings is 1. The molecular weight excluding hydrogens is 730 g/mol. The third-order valence-corrected chi connectivity index (χ3v) is 9.09. The predicted octanol–water partition coefficient (Wildman–Crippen LogP) is -3.06. The van der Waals surface area contributed by atoms with Crippen LogP contribution in [0.3, 0.4) is 0 Å². The highest BCUT2D eigenvalue weighted by molar-refractivity contribution is 7.98. The SMILES string of the molecule is CSCC[C@H](NC(=O)[C@H](CCC(=O)O)NC(=O)[C@H](CCCN=C(N)N)NC(=O)[C@@H](N)Cc1ccc(O)cc1)C(=O)N1CCC[C@H]1C(=O)N[C@@H](CO)C(=O)O. The van der Waals surface area contributed by atoms with Gasteiger partial charge in [-0.3, -0.25) is 33.8 Å². The lowest BCUT2D eigenvalue weighted by atomic mass is 10.0. The summed E-state index contributed by atoms with van der Waals surface area (Å²) in [6.45, 7) is -0.657. The number of nitrogens with two attached hydrogens (primary N) is 3. The molecule has 0 unspecified atom stereocenters. The topological polar surface area (TPSA) is 342 Å². The van der Waals surface area contributed by atoms with Gasteiger partial charge in [-0.05, 0) is 74.7 Å². The molecule has 54 heavy (non-hydrogen) atoms. The largest absolute Gasteiger partial charge is 0.508 e. The zero-order valence-electron chi connectivity index (χ0n) is 29.9. The number of rotatable bonds is 23. The van der Waals surface area contributed by atoms with Crippen molar-refractivity contribution in [3.63, 3.8) is 0 Å². The summed E-state index contributed by atoms with van der Waals surface area (Å²) < 4.78 is 0. The molecule has 1 aromatic carbocycles. The monoisotopic (exact) mass is 781 g/mol. The van der Waals surface area contributed by atoms with Crippen LogP contribution in [-0.2, 0) is 40.0 Å². The van der Waals surface area contributed by atoms with E-state index in [0.29, 0.717) is 17.7 Å². The van der Waals surface area contributed by atoms with E-state index in [1.165, 1.54) is 28.8 Å². The summed E-state index contributed by atoms with van der Waals surface area (Å²) in [5.74, 6) is -6.43. The van der Waals surface area contributed by atoms with E-state index in [1.54, 1.807) is 18.4 Å². The Bertz CT molecular complexity index is 1490. The molecule has 2 rings (SSSR count). The summed E-state index contributed by atoms with van der Waals surface area (Å²) >= 11 is 1.37. The third kappa shape index (κ3) is 15.1. The minimum absolute atomic E-state index is 0.0141. The number of nitrogens with zero attached hydrogens (tertiary/aromatic N) is 2. The number of phenols is 1. The van der Waals surface area contributed by atoms with Crippen molar-refractivity contribution >= 4 is 59.2 Å². The minimum atomic E-state index is -1.59. The number of nitrogens with one attached hydrogen (secondary N) is 4. The Morgan fingerprint density at radius 3 is 2.07 bits per heavy atom. The average Bonchev–Trinajstić information content (AvgIpc) is 3.62. The van der Waals surface area contributed by atoms with Crippen LogP contribution in [-0.4, -0.2) is 141 Å². The number of carboxylic acids is 2. The van der Waals surface area contributed by atoms with Crippen molar-refractivity contribution in [1.29, 1.82) is 0 Å². The Kier molecular flexibility index (Phi) is 19.0. The van der Waals surface area contributed by atoms with Crippen LogP contribution < -0.4 is 38.5 Å². The normalized spacial score (nSPS) is 16.5. The number of hydrogen-bond acceptors (Lipinski definition) is 12. The van der Waals surface area contributed by atoms with E-state index in [0.717, 1.165) is 0 Å². The molecule has 1 aliphatic rings. The first kappa shape index (κ1) is 45.0. The van der Waals surface area contributed by atoms with Crippen LogP contribution in [0, 0.1) is 0 Å². The van der Waals surface area contributed by atoms with Gasteiger partial charge in [0.1, 0.15) is 36.0 Å². The predicted molar refractivity (Wildman–Crippen MR) is 197 cm³/mol. The lowest BCUT2D eigenvalue weighted by molar-refractivity contribution is -0.146. The Balaban J connectivity index is 2.28. The molecule has 1 aromatic rings. The smallest absolute Gasteiger partial charge is 0.328 e. The van der Waals surface area contributed by atoms with Crippen LogP contribution in [0.15, 0.2) is 29.3 Å². The molecule has 21 heteroatoms. The molecule has 0 saturated carbocycles. The molecule has 6 atom stereocenters. The molecule has 20 nitrogen and oxygen atoms in total. The van der Waals surface area contributed by atoms with Crippen molar-refractivity contribution in [3.05, 3.63) is 29.8 Å². The van der Waals surface area contributed by atoms with Gasteiger partial charge in [0.05, 0.1) is 12.6 Å². The van der Waals surface area contributed by atoms with E-state index in [-0.39, 0.29) is 56.9 Å². The molecule has 0 aromatic heterocycles. The molecule has 1 aliphatic heterocycles. The summed E-state index contributed by atoms with van der Waals surface area (Å²) in [5, 5.41) is 47.4. The molecule has 1 heterocycles. The number of thioether (sulfide) groups is 1. The van der Waals surface area contributed by atoms with Crippen molar-refractivity contribution in [1.82, 2.24) is 26.2 Å². The second kappa shape index (κ2) is 22.8. The van der Waals surface area contributed by atoms with Crippen LogP contribution >= 0.6 is 11.8 Å². The first-order valence-electron chi connectivity index (χ1n) is 17.2. The second-order valence-corrected chi connectivity index (χ2v) is 13.6. The molecule has 14 N–H and O–H groups in total. The fourth-order valence-corrected chi connectivity index (χ4v) is 6.03. The molecule has 300 valence electrons. The highest BCUT2D eigenvalue weighted by Crippen LogP contribution is 2.20. The lowest BCUT2D eigenvalue weighted by Crippen LogP contribution is -2.59. The molecule has 1 saturated heterocycles. The summed E-state index contributed by atoms with van der Waals surface area (Å²) in [4.78, 5) is 95.3. The summed E-state index contributed by atoms with van der Waals surface area (Å²) in [6, 6.07) is -1.75. The molecule has 0 radical (unpaired) electrons. The number of aliphatic carboxylic acids is 2. The van der Waals surface area contributed by atoms with Crippen molar-refractivity contribution in [2.45, 2.75) is 87.6 Å². The number of amides is 5. The van der Waals surface area contributed by atoms with E-state index in [4.69, 9.17) is 17.2 Å². The Labute approximate surface area is 316 Å². The molecule has 0 bridgehead atoms. The van der Waals surface area contributed by atoms with E-state index < -0.39 is 97.2 Å². The van der Waals surface area contributed by atoms with E-state index in [1.807, 2.05) is 0 Å². The van der Waals surface area contributed by atoms with Gasteiger partial charge in [-0.25, -0.2) is 4.79 Å². The maximum absolute atomic E-state index is 13.8. The van der Waals surface area contributed by atoms with Gasteiger partial charge in [0.2, 0.25) is 29.5 Å². The number of carboxylic acid groups (broad SMARTS) is 2. The van der Waals surface area contributed by atoms with E-state index in [2.05, 4.69) is 26.3 Å². The van der Waals surface area contributed by atoms with E-state index >= 15 is 0 Å². The Morgan fingerprint density at radius 2 is 1.50 bits per heavy atom. The van der Waals surface area contributed by atoms with Crippen LogP contribution in [0.5, 0.6) is 5.75 Å². The van der Waals surface area contributed by atoms with Crippen molar-refractivity contribution in [3.8, 4) is 5.75 Å². The number of hydrogen-bond donors (Lipinski definition) is 11. The number of aliphatic imine (C=N–C) groups is 1. The standard InChI is InChI=1S/C33H51N9O11S/c1-54-15-12-23(31(51)42-14-3-5-25(42)30(50)41-24(17-43)32(52)53)40-29(49)22(10-11-26(45)46)39-28(48)21(4-2-13-37-33(35)36)38-27(47)20(34)16-18-6-8-19(44)9-7-18/h6-9,20-25,43-44H,2-5,10-17,34H2,1H3,(H,38,47)(H,39,48)(H,40,49)(H,41,50)(H,45,46)(H,52,53)(H4,35,36,37)/t20-,21-,22-,23-,24-,25-/m0/s1. The van der Waals surface area contributed by atoms with Crippen LogP contribution in [0.4, 0.5) is 0 Å². The van der Waals surface area contributed by atoms with E-state index in [9.17, 15) is 54.0 Å². The molecule has 5 amide bonds. The van der Waals surface area contributed by atoms with Crippen molar-refractivity contribution < 1.29 is 54.0 Å². The second-order valence-electron chi connectivity index (χ2n) is 12.6.